The molecule has 0 fully saturated rings. The summed E-state index contributed by atoms with van der Waals surface area (Å²) in [6.45, 7) is 7.69. The number of rotatable bonds is 11. The fourth-order valence-corrected chi connectivity index (χ4v) is 5.44. The van der Waals surface area contributed by atoms with Crippen molar-refractivity contribution < 1.29 is 36.1 Å². The summed E-state index contributed by atoms with van der Waals surface area (Å²) in [7, 11) is -1.27. The first-order valence-electron chi connectivity index (χ1n) is 11.9. The lowest BCUT2D eigenvalue weighted by atomic mass is 10.2. The van der Waals surface area contributed by atoms with Crippen LogP contribution in [0.3, 0.4) is 0 Å². The number of ether oxygens (including phenoxy) is 3. The van der Waals surface area contributed by atoms with E-state index in [4.69, 9.17) is 23.2 Å². The normalized spacial score (nSPS) is 12.9. The summed E-state index contributed by atoms with van der Waals surface area (Å²) in [6.07, 6.45) is 2.05. The summed E-state index contributed by atoms with van der Waals surface area (Å²) in [5.41, 5.74) is 1.03. The number of nitrogens with zero attached hydrogens (tertiary/aromatic N) is 2. The molecule has 0 saturated heterocycles. The molecule has 0 radical (unpaired) electrons. The molecule has 2 aromatic carbocycles. The number of benzene rings is 2. The van der Waals surface area contributed by atoms with Gasteiger partial charge < -0.3 is 27.7 Å². The third-order valence-corrected chi connectivity index (χ3v) is 8.44. The third kappa shape index (κ3) is 6.41. The highest BCUT2D eigenvalue weighted by Gasteiger charge is 2.27. The van der Waals surface area contributed by atoms with Gasteiger partial charge in [0.2, 0.25) is 0 Å². The van der Waals surface area contributed by atoms with E-state index < -0.39 is 26.1 Å². The molecule has 2 N–H and O–H groups in total. The quantitative estimate of drug-likeness (QED) is 0.240. The number of nitrogens with one attached hydrogen (secondary N) is 2. The summed E-state index contributed by atoms with van der Waals surface area (Å²) in [5, 5.41) is 4.20. The van der Waals surface area contributed by atoms with E-state index in [9.17, 15) is 13.0 Å². The van der Waals surface area contributed by atoms with Crippen LogP contribution in [-0.4, -0.2) is 42.1 Å². The largest absolute Gasteiger partial charge is 0.598 e. The molecule has 4 rings (SSSR count). The highest BCUT2D eigenvalue weighted by Crippen LogP contribution is 2.39. The Balaban J connectivity index is 1.57. The molecule has 210 valence electrons. The fourth-order valence-electron chi connectivity index (χ4n) is 3.51. The van der Waals surface area contributed by atoms with Crippen LogP contribution in [0.1, 0.15) is 39.0 Å². The van der Waals surface area contributed by atoms with Crippen molar-refractivity contribution >= 4 is 38.2 Å². The maximum atomic E-state index is 13.3. The first kappa shape index (κ1) is 28.5. The monoisotopic (exact) mass is 578 g/mol. The predicted octanol–water partition coefficient (Wildman–Crippen LogP) is 4.54. The zero-order valence-electron chi connectivity index (χ0n) is 22.4. The minimum atomic E-state index is -4.09. The average Bonchev–Trinajstić information content (AvgIpc) is 3.52. The Morgan fingerprint density at radius 1 is 1.10 bits per heavy atom. The minimum Gasteiger partial charge on any atom is -0.598 e. The van der Waals surface area contributed by atoms with Gasteiger partial charge in [-0.1, -0.05) is 18.1 Å². The standard InChI is InChI=1S/C25H30N4O8S2/c1-7-15-8-9-18(33-5)21(10-15)39(31,32)29-23-22-19(34-6)11-16(12-20(22)37-28-23)35-24-26-13-17(36-24)14-27-38(30)25(2,3)4/h8-13,27H,7,14H2,1-6H3,(H,28,29). The van der Waals surface area contributed by atoms with Gasteiger partial charge in [0, 0.05) is 23.5 Å². The summed E-state index contributed by atoms with van der Waals surface area (Å²) in [5.74, 6) is 1.05. The number of hydrogen-bond donors (Lipinski definition) is 2. The lowest BCUT2D eigenvalue weighted by Gasteiger charge is -2.22. The first-order valence-corrected chi connectivity index (χ1v) is 14.5. The number of methoxy groups -OCH3 is 2. The minimum absolute atomic E-state index is 0.0278. The van der Waals surface area contributed by atoms with Gasteiger partial charge in [0.1, 0.15) is 44.6 Å². The first-order chi connectivity index (χ1) is 18.4. The van der Waals surface area contributed by atoms with Gasteiger partial charge in [-0.3, -0.25) is 4.72 Å². The van der Waals surface area contributed by atoms with Crippen molar-refractivity contribution in [3.63, 3.8) is 0 Å². The number of oxazole rings is 1. The van der Waals surface area contributed by atoms with Gasteiger partial charge in [-0.05, 0) is 44.9 Å². The highest BCUT2D eigenvalue weighted by atomic mass is 32.2. The Hall–Kier alpha value is -3.46. The molecule has 0 bridgehead atoms. The van der Waals surface area contributed by atoms with Gasteiger partial charge in [-0.2, -0.15) is 4.98 Å². The van der Waals surface area contributed by atoms with Crippen LogP contribution in [0.5, 0.6) is 23.3 Å². The molecule has 4 aromatic rings. The zero-order chi connectivity index (χ0) is 28.4. The Labute approximate surface area is 229 Å². The maximum Gasteiger partial charge on any atom is 0.399 e. The summed E-state index contributed by atoms with van der Waals surface area (Å²) >= 11 is -1.28. The molecule has 1 atom stereocenters. The van der Waals surface area contributed by atoms with Gasteiger partial charge >= 0.3 is 6.08 Å². The van der Waals surface area contributed by atoms with Gasteiger partial charge in [0.15, 0.2) is 11.4 Å². The van der Waals surface area contributed by atoms with Crippen LogP contribution in [-0.2, 0) is 34.4 Å². The second-order valence-corrected chi connectivity index (χ2v) is 13.1. The van der Waals surface area contributed by atoms with Crippen molar-refractivity contribution in [1.29, 1.82) is 0 Å². The van der Waals surface area contributed by atoms with Crippen LogP contribution < -0.4 is 23.7 Å². The molecule has 0 spiro atoms. The fraction of sp³-hybridized carbons (Fsp3) is 0.360. The van der Waals surface area contributed by atoms with Crippen LogP contribution in [0.25, 0.3) is 11.0 Å². The molecule has 0 aliphatic rings. The van der Waals surface area contributed by atoms with Gasteiger partial charge in [-0.15, -0.1) is 4.72 Å². The van der Waals surface area contributed by atoms with E-state index in [0.29, 0.717) is 17.6 Å². The average molecular weight is 579 g/mol. The molecule has 0 saturated carbocycles. The lowest BCUT2D eigenvalue weighted by molar-refractivity contribution is 0.315. The molecule has 14 heteroatoms. The van der Waals surface area contributed by atoms with Crippen LogP contribution in [0.2, 0.25) is 0 Å². The number of fused-ring (bicyclic) bond motifs is 1. The van der Waals surface area contributed by atoms with Crippen molar-refractivity contribution in [1.82, 2.24) is 14.9 Å². The van der Waals surface area contributed by atoms with Crippen molar-refractivity contribution in [2.45, 2.75) is 50.3 Å². The lowest BCUT2D eigenvalue weighted by Crippen LogP contribution is -2.38. The van der Waals surface area contributed by atoms with E-state index >= 15 is 0 Å². The van der Waals surface area contributed by atoms with Crippen molar-refractivity contribution in [2.24, 2.45) is 0 Å². The SMILES string of the molecule is CCc1ccc(OC)c(S(=O)(=O)Nc2noc3cc(Oc4ncc(CN[S+]([O-])C(C)(C)C)o4)cc(OC)c23)c1. The van der Waals surface area contributed by atoms with E-state index in [1.165, 1.54) is 32.5 Å². The van der Waals surface area contributed by atoms with Crippen LogP contribution >= 0.6 is 0 Å². The molecular formula is C25H30N4O8S2. The molecule has 12 nitrogen and oxygen atoms in total. The van der Waals surface area contributed by atoms with E-state index in [0.717, 1.165) is 5.56 Å². The van der Waals surface area contributed by atoms with Crippen molar-refractivity contribution in [3.05, 3.63) is 47.9 Å². The second-order valence-electron chi connectivity index (χ2n) is 9.37. The van der Waals surface area contributed by atoms with Gasteiger partial charge in [-0.25, -0.2) is 8.42 Å². The topological polar surface area (TPSA) is 161 Å². The predicted molar refractivity (Wildman–Crippen MR) is 145 cm³/mol. The molecule has 2 aromatic heterocycles. The second kappa shape index (κ2) is 11.3. The number of aryl methyl sites for hydroxylation is 1. The number of anilines is 1. The van der Waals surface area contributed by atoms with Crippen LogP contribution in [0.4, 0.5) is 5.82 Å². The summed E-state index contributed by atoms with van der Waals surface area (Å²) in [4.78, 5) is 4.06. The van der Waals surface area contributed by atoms with E-state index in [2.05, 4.69) is 19.6 Å². The van der Waals surface area contributed by atoms with Gasteiger partial charge in [0.05, 0.1) is 20.4 Å². The molecule has 0 aliphatic heterocycles. The summed E-state index contributed by atoms with van der Waals surface area (Å²) in [6, 6.07) is 7.97. The van der Waals surface area contributed by atoms with E-state index in [-0.39, 0.29) is 46.2 Å². The van der Waals surface area contributed by atoms with Crippen LogP contribution in [0.15, 0.2) is 50.4 Å². The third-order valence-electron chi connectivity index (χ3n) is 5.56. The number of sulfonamides is 1. The Bertz CT molecular complexity index is 1560. The molecule has 2 heterocycles. The molecule has 39 heavy (non-hydrogen) atoms. The zero-order valence-corrected chi connectivity index (χ0v) is 24.0. The highest BCUT2D eigenvalue weighted by molar-refractivity contribution is 7.92. The van der Waals surface area contributed by atoms with E-state index in [1.807, 2.05) is 27.7 Å². The number of hydrogen-bond acceptors (Lipinski definition) is 11. The molecule has 1 unspecified atom stereocenters. The Morgan fingerprint density at radius 2 is 1.85 bits per heavy atom. The number of aromatic nitrogens is 2. The van der Waals surface area contributed by atoms with Crippen LogP contribution in [0, 0.1) is 0 Å². The molecule has 0 aliphatic carbocycles. The smallest absolute Gasteiger partial charge is 0.399 e. The maximum absolute atomic E-state index is 13.3. The molecule has 0 amide bonds. The Morgan fingerprint density at radius 3 is 2.51 bits per heavy atom. The van der Waals surface area contributed by atoms with Gasteiger partial charge in [0.25, 0.3) is 10.0 Å². The summed E-state index contributed by atoms with van der Waals surface area (Å²) < 4.78 is 71.1. The molecular weight excluding hydrogens is 548 g/mol. The van der Waals surface area contributed by atoms with E-state index in [1.54, 1.807) is 18.2 Å². The van der Waals surface area contributed by atoms with Crippen molar-refractivity contribution in [3.8, 4) is 23.3 Å². The Kier molecular flexibility index (Phi) is 8.30. The van der Waals surface area contributed by atoms with Crippen molar-refractivity contribution in [2.75, 3.05) is 18.9 Å².